The maximum Gasteiger partial charge on any atom is 0.264 e. The molecule has 1 fully saturated rings. The van der Waals surface area contributed by atoms with E-state index in [0.717, 1.165) is 0 Å². The zero-order valence-corrected chi connectivity index (χ0v) is 11.3. The summed E-state index contributed by atoms with van der Waals surface area (Å²) in [6.07, 6.45) is 0. The van der Waals surface area contributed by atoms with Crippen molar-refractivity contribution < 1.29 is 17.9 Å². The summed E-state index contributed by atoms with van der Waals surface area (Å²) in [7, 11) is -3.87. The number of ether oxygens (including phenoxy) is 1. The number of nitrogens with one attached hydrogen (secondary N) is 1. The van der Waals surface area contributed by atoms with Gasteiger partial charge in [-0.25, -0.2) is 13.1 Å². The second kappa shape index (κ2) is 4.92. The minimum atomic E-state index is -3.87. The molecule has 2 atom stereocenters. The highest BCUT2D eigenvalue weighted by molar-refractivity contribution is 7.90. The molecule has 7 heteroatoms. The van der Waals surface area contributed by atoms with Crippen LogP contribution in [0, 0.1) is 5.41 Å². The molecule has 0 radical (unpaired) electrons. The van der Waals surface area contributed by atoms with Crippen LogP contribution >= 0.6 is 0 Å². The molecule has 104 valence electrons. The Morgan fingerprint density at radius 3 is 2.58 bits per heavy atom. The molecule has 1 aromatic rings. The van der Waals surface area contributed by atoms with Crippen molar-refractivity contribution in [2.75, 3.05) is 13.2 Å². The van der Waals surface area contributed by atoms with E-state index in [1.807, 2.05) is 0 Å². The van der Waals surface area contributed by atoms with Gasteiger partial charge in [-0.2, -0.15) is 0 Å². The number of rotatable bonds is 3. The van der Waals surface area contributed by atoms with Crippen LogP contribution in [0.2, 0.25) is 0 Å². The van der Waals surface area contributed by atoms with Crippen molar-refractivity contribution in [2.24, 2.45) is 11.1 Å². The SMILES string of the molecule is CC1(C(=O)NS(=O)(=O)c2ccccc2)COCC1N. The monoisotopic (exact) mass is 284 g/mol. The van der Waals surface area contributed by atoms with Crippen LogP contribution in [0.3, 0.4) is 0 Å². The lowest BCUT2D eigenvalue weighted by Gasteiger charge is -2.25. The molecule has 0 saturated carbocycles. The smallest absolute Gasteiger partial charge is 0.264 e. The molecule has 1 aliphatic rings. The molecule has 6 nitrogen and oxygen atoms in total. The zero-order valence-electron chi connectivity index (χ0n) is 10.5. The molecule has 0 spiro atoms. The van der Waals surface area contributed by atoms with Crippen LogP contribution in [0.4, 0.5) is 0 Å². The number of sulfonamides is 1. The molecule has 1 amide bonds. The summed E-state index contributed by atoms with van der Waals surface area (Å²) in [5.41, 5.74) is 4.77. The lowest BCUT2D eigenvalue weighted by atomic mass is 9.85. The fourth-order valence-corrected chi connectivity index (χ4v) is 2.93. The maximum absolute atomic E-state index is 12.1. The number of hydrogen-bond donors (Lipinski definition) is 2. The first kappa shape index (κ1) is 14.0. The van der Waals surface area contributed by atoms with Crippen molar-refractivity contribution >= 4 is 15.9 Å². The topological polar surface area (TPSA) is 98.5 Å². The van der Waals surface area contributed by atoms with Crippen molar-refractivity contribution in [2.45, 2.75) is 17.9 Å². The molecule has 3 N–H and O–H groups in total. The van der Waals surface area contributed by atoms with Gasteiger partial charge in [-0.15, -0.1) is 0 Å². The van der Waals surface area contributed by atoms with E-state index in [0.29, 0.717) is 0 Å². The summed E-state index contributed by atoms with van der Waals surface area (Å²) in [6, 6.07) is 7.20. The molecular weight excluding hydrogens is 268 g/mol. The van der Waals surface area contributed by atoms with Gasteiger partial charge in [-0.05, 0) is 19.1 Å². The van der Waals surface area contributed by atoms with Crippen LogP contribution in [-0.2, 0) is 19.6 Å². The Kier molecular flexibility index (Phi) is 3.62. The number of hydrogen-bond acceptors (Lipinski definition) is 5. The van der Waals surface area contributed by atoms with Gasteiger partial charge in [0.1, 0.15) is 0 Å². The predicted molar refractivity (Wildman–Crippen MR) is 68.7 cm³/mol. The number of benzene rings is 1. The second-order valence-electron chi connectivity index (χ2n) is 4.79. The van der Waals surface area contributed by atoms with Crippen LogP contribution in [0.5, 0.6) is 0 Å². The number of nitrogens with two attached hydrogens (primary N) is 1. The molecule has 19 heavy (non-hydrogen) atoms. The third kappa shape index (κ3) is 2.63. The van der Waals surface area contributed by atoms with E-state index in [9.17, 15) is 13.2 Å². The molecule has 2 rings (SSSR count). The van der Waals surface area contributed by atoms with Gasteiger partial charge in [0.2, 0.25) is 5.91 Å². The van der Waals surface area contributed by atoms with E-state index >= 15 is 0 Å². The molecule has 1 aromatic carbocycles. The quantitative estimate of drug-likeness (QED) is 0.804. The largest absolute Gasteiger partial charge is 0.379 e. The second-order valence-corrected chi connectivity index (χ2v) is 6.47. The van der Waals surface area contributed by atoms with E-state index in [4.69, 9.17) is 10.5 Å². The number of carbonyl (C=O) groups is 1. The van der Waals surface area contributed by atoms with Gasteiger partial charge >= 0.3 is 0 Å². The Labute approximate surface area is 112 Å². The predicted octanol–water partition coefficient (Wildman–Crippen LogP) is -0.145. The lowest BCUT2D eigenvalue weighted by Crippen LogP contribution is -2.51. The molecule has 1 heterocycles. The summed E-state index contributed by atoms with van der Waals surface area (Å²) in [6.45, 7) is 1.96. The fraction of sp³-hybridized carbons (Fsp3) is 0.417. The highest BCUT2D eigenvalue weighted by Gasteiger charge is 2.45. The Morgan fingerprint density at radius 2 is 2.05 bits per heavy atom. The van der Waals surface area contributed by atoms with Crippen LogP contribution < -0.4 is 10.5 Å². The van der Waals surface area contributed by atoms with Gasteiger partial charge in [-0.1, -0.05) is 18.2 Å². The van der Waals surface area contributed by atoms with Crippen LogP contribution in [-0.4, -0.2) is 33.6 Å². The Hall–Kier alpha value is -1.44. The Morgan fingerprint density at radius 1 is 1.42 bits per heavy atom. The first-order valence-corrected chi connectivity index (χ1v) is 7.30. The maximum atomic E-state index is 12.1. The van der Waals surface area contributed by atoms with Gasteiger partial charge in [0.05, 0.1) is 23.5 Å². The van der Waals surface area contributed by atoms with Crippen molar-refractivity contribution in [3.8, 4) is 0 Å². The average molecular weight is 284 g/mol. The molecule has 1 aliphatic heterocycles. The van der Waals surface area contributed by atoms with Crippen molar-refractivity contribution in [3.63, 3.8) is 0 Å². The van der Waals surface area contributed by atoms with E-state index in [-0.39, 0.29) is 18.1 Å². The van der Waals surface area contributed by atoms with Crippen molar-refractivity contribution in [1.29, 1.82) is 0 Å². The number of amides is 1. The van der Waals surface area contributed by atoms with Gasteiger partial charge in [-0.3, -0.25) is 4.79 Å². The summed E-state index contributed by atoms with van der Waals surface area (Å²) < 4.78 is 31.3. The summed E-state index contributed by atoms with van der Waals surface area (Å²) in [4.78, 5) is 12.2. The minimum Gasteiger partial charge on any atom is -0.379 e. The van der Waals surface area contributed by atoms with E-state index in [1.54, 1.807) is 25.1 Å². The molecule has 0 bridgehead atoms. The molecule has 2 unspecified atom stereocenters. The molecule has 0 aromatic heterocycles. The van der Waals surface area contributed by atoms with Gasteiger partial charge in [0.25, 0.3) is 10.0 Å². The van der Waals surface area contributed by atoms with Gasteiger partial charge in [0, 0.05) is 6.04 Å². The first-order valence-electron chi connectivity index (χ1n) is 5.82. The standard InChI is InChI=1S/C12H16N2O4S/c1-12(8-18-7-10(12)13)11(15)14-19(16,17)9-5-3-2-4-6-9/h2-6,10H,7-8,13H2,1H3,(H,14,15). The average Bonchev–Trinajstić information content (AvgIpc) is 2.72. The van der Waals surface area contributed by atoms with Crippen molar-refractivity contribution in [3.05, 3.63) is 30.3 Å². The fourth-order valence-electron chi connectivity index (χ4n) is 1.82. The highest BCUT2D eigenvalue weighted by atomic mass is 32.2. The third-order valence-corrected chi connectivity index (χ3v) is 4.66. The Bertz CT molecular complexity index is 573. The Balaban J connectivity index is 2.20. The summed E-state index contributed by atoms with van der Waals surface area (Å²) in [5, 5.41) is 0. The van der Waals surface area contributed by atoms with Crippen molar-refractivity contribution in [1.82, 2.24) is 4.72 Å². The van der Waals surface area contributed by atoms with Gasteiger partial charge in [0.15, 0.2) is 0 Å². The molecule has 1 saturated heterocycles. The number of carbonyl (C=O) groups excluding carboxylic acids is 1. The van der Waals surface area contributed by atoms with E-state index in [2.05, 4.69) is 4.72 Å². The normalized spacial score (nSPS) is 27.2. The van der Waals surface area contributed by atoms with Crippen LogP contribution in [0.1, 0.15) is 6.92 Å². The first-order chi connectivity index (χ1) is 8.86. The highest BCUT2D eigenvalue weighted by Crippen LogP contribution is 2.27. The van der Waals surface area contributed by atoms with Gasteiger partial charge < -0.3 is 10.5 Å². The minimum absolute atomic E-state index is 0.0411. The van der Waals surface area contributed by atoms with Crippen LogP contribution in [0.25, 0.3) is 0 Å². The third-order valence-electron chi connectivity index (χ3n) is 3.32. The van der Waals surface area contributed by atoms with E-state index < -0.39 is 27.4 Å². The summed E-state index contributed by atoms with van der Waals surface area (Å²) in [5.74, 6) is -0.638. The molecular formula is C12H16N2O4S. The summed E-state index contributed by atoms with van der Waals surface area (Å²) >= 11 is 0. The zero-order chi connectivity index (χ0) is 14.1. The van der Waals surface area contributed by atoms with Crippen LogP contribution in [0.15, 0.2) is 35.2 Å². The lowest BCUT2D eigenvalue weighted by molar-refractivity contribution is -0.128. The van der Waals surface area contributed by atoms with E-state index in [1.165, 1.54) is 12.1 Å². The molecule has 0 aliphatic carbocycles.